The summed E-state index contributed by atoms with van der Waals surface area (Å²) in [6, 6.07) is 0. The average Bonchev–Trinajstić information content (AvgIpc) is 2.42. The van der Waals surface area contributed by atoms with Crippen molar-refractivity contribution < 1.29 is 4.74 Å². The van der Waals surface area contributed by atoms with Gasteiger partial charge in [-0.3, -0.25) is 0 Å². The van der Waals surface area contributed by atoms with Crippen LogP contribution < -0.4 is 10.1 Å². The van der Waals surface area contributed by atoms with E-state index in [1.54, 1.807) is 6.33 Å². The SMILES string of the molecule is CCCNc1ncnc(OC2CCCCC2C)c1C. The maximum atomic E-state index is 6.13. The molecule has 1 saturated carbocycles. The molecule has 1 aromatic rings. The minimum absolute atomic E-state index is 0.307. The minimum atomic E-state index is 0.307. The molecule has 1 N–H and O–H groups in total. The van der Waals surface area contributed by atoms with Gasteiger partial charge in [0.25, 0.3) is 0 Å². The van der Waals surface area contributed by atoms with Crippen molar-refractivity contribution >= 4 is 5.82 Å². The molecule has 0 spiro atoms. The van der Waals surface area contributed by atoms with Gasteiger partial charge in [-0.15, -0.1) is 0 Å². The molecular formula is C15H25N3O. The van der Waals surface area contributed by atoms with Crippen molar-refractivity contribution in [2.24, 2.45) is 5.92 Å². The number of anilines is 1. The highest BCUT2D eigenvalue weighted by molar-refractivity contribution is 5.47. The maximum Gasteiger partial charge on any atom is 0.221 e. The first-order valence-corrected chi connectivity index (χ1v) is 7.44. The number of hydrogen-bond donors (Lipinski definition) is 1. The predicted octanol–water partition coefficient (Wildman–Crippen LogP) is 3.56. The molecule has 1 aliphatic rings. The Bertz CT molecular complexity index is 408. The lowest BCUT2D eigenvalue weighted by Crippen LogP contribution is -2.29. The van der Waals surface area contributed by atoms with Crippen LogP contribution >= 0.6 is 0 Å². The van der Waals surface area contributed by atoms with E-state index in [1.807, 2.05) is 6.92 Å². The normalized spacial score (nSPS) is 23.1. The van der Waals surface area contributed by atoms with E-state index in [1.165, 1.54) is 19.3 Å². The minimum Gasteiger partial charge on any atom is -0.474 e. The Balaban J connectivity index is 2.07. The largest absolute Gasteiger partial charge is 0.474 e. The summed E-state index contributed by atoms with van der Waals surface area (Å²) >= 11 is 0. The summed E-state index contributed by atoms with van der Waals surface area (Å²) < 4.78 is 6.13. The van der Waals surface area contributed by atoms with Crippen molar-refractivity contribution in [3.8, 4) is 5.88 Å². The average molecular weight is 263 g/mol. The summed E-state index contributed by atoms with van der Waals surface area (Å²) in [4.78, 5) is 8.59. The van der Waals surface area contributed by atoms with E-state index in [0.29, 0.717) is 12.0 Å². The van der Waals surface area contributed by atoms with Gasteiger partial charge in [-0.2, -0.15) is 0 Å². The fraction of sp³-hybridized carbons (Fsp3) is 0.733. The molecule has 106 valence electrons. The molecule has 2 rings (SSSR count). The van der Waals surface area contributed by atoms with Gasteiger partial charge in [-0.1, -0.05) is 20.3 Å². The van der Waals surface area contributed by atoms with Gasteiger partial charge in [0.1, 0.15) is 18.2 Å². The standard InChI is InChI=1S/C15H25N3O/c1-4-9-16-14-12(3)15(18-10-17-14)19-13-8-6-5-7-11(13)2/h10-11,13H,4-9H2,1-3H3,(H,16,17,18). The zero-order valence-electron chi connectivity index (χ0n) is 12.3. The fourth-order valence-electron chi connectivity index (χ4n) is 2.58. The van der Waals surface area contributed by atoms with E-state index in [9.17, 15) is 0 Å². The molecule has 0 amide bonds. The van der Waals surface area contributed by atoms with Crippen LogP contribution in [0.2, 0.25) is 0 Å². The van der Waals surface area contributed by atoms with Gasteiger partial charge in [0.05, 0.1) is 5.56 Å². The molecule has 0 radical (unpaired) electrons. The van der Waals surface area contributed by atoms with Crippen LogP contribution in [0.15, 0.2) is 6.33 Å². The molecule has 1 aliphatic carbocycles. The quantitative estimate of drug-likeness (QED) is 0.882. The molecule has 1 heterocycles. The van der Waals surface area contributed by atoms with Gasteiger partial charge in [-0.05, 0) is 38.5 Å². The summed E-state index contributed by atoms with van der Waals surface area (Å²) in [6.07, 6.45) is 7.97. The molecule has 4 nitrogen and oxygen atoms in total. The number of ether oxygens (including phenoxy) is 1. The van der Waals surface area contributed by atoms with Gasteiger partial charge < -0.3 is 10.1 Å². The van der Waals surface area contributed by atoms with Gasteiger partial charge in [-0.25, -0.2) is 9.97 Å². The van der Waals surface area contributed by atoms with Crippen LogP contribution in [0.3, 0.4) is 0 Å². The summed E-state index contributed by atoms with van der Waals surface area (Å²) in [7, 11) is 0. The predicted molar refractivity (Wildman–Crippen MR) is 77.6 cm³/mol. The second-order valence-electron chi connectivity index (χ2n) is 5.50. The number of hydrogen-bond acceptors (Lipinski definition) is 4. The Labute approximate surface area is 116 Å². The highest BCUT2D eigenvalue weighted by Crippen LogP contribution is 2.29. The third-order valence-corrected chi connectivity index (χ3v) is 3.88. The van der Waals surface area contributed by atoms with Crippen molar-refractivity contribution in [1.29, 1.82) is 0 Å². The van der Waals surface area contributed by atoms with E-state index in [0.717, 1.165) is 36.6 Å². The molecule has 1 fully saturated rings. The molecule has 19 heavy (non-hydrogen) atoms. The highest BCUT2D eigenvalue weighted by atomic mass is 16.5. The monoisotopic (exact) mass is 263 g/mol. The van der Waals surface area contributed by atoms with Gasteiger partial charge in [0, 0.05) is 6.54 Å². The lowest BCUT2D eigenvalue weighted by atomic mass is 9.88. The van der Waals surface area contributed by atoms with Crippen molar-refractivity contribution in [3.05, 3.63) is 11.9 Å². The van der Waals surface area contributed by atoms with Gasteiger partial charge in [0.2, 0.25) is 5.88 Å². The molecule has 1 aromatic heterocycles. The van der Waals surface area contributed by atoms with Crippen molar-refractivity contribution in [2.45, 2.75) is 59.0 Å². The number of aromatic nitrogens is 2. The smallest absolute Gasteiger partial charge is 0.221 e. The second-order valence-corrected chi connectivity index (χ2v) is 5.50. The first kappa shape index (κ1) is 14.1. The summed E-state index contributed by atoms with van der Waals surface area (Å²) in [6.45, 7) is 7.37. The van der Waals surface area contributed by atoms with Crippen molar-refractivity contribution in [3.63, 3.8) is 0 Å². The Kier molecular flexibility index (Phi) is 5.00. The molecule has 4 heteroatoms. The zero-order chi connectivity index (χ0) is 13.7. The number of nitrogens with one attached hydrogen (secondary N) is 1. The number of nitrogens with zero attached hydrogens (tertiary/aromatic N) is 2. The van der Waals surface area contributed by atoms with E-state index >= 15 is 0 Å². The van der Waals surface area contributed by atoms with E-state index in [4.69, 9.17) is 4.74 Å². The highest BCUT2D eigenvalue weighted by Gasteiger charge is 2.24. The molecule has 0 saturated heterocycles. The first-order valence-electron chi connectivity index (χ1n) is 7.44. The van der Waals surface area contributed by atoms with Crippen LogP contribution in [-0.4, -0.2) is 22.6 Å². The van der Waals surface area contributed by atoms with Crippen LogP contribution in [0, 0.1) is 12.8 Å². The van der Waals surface area contributed by atoms with Gasteiger partial charge in [0.15, 0.2) is 0 Å². The lowest BCUT2D eigenvalue weighted by molar-refractivity contribution is 0.0967. The number of rotatable bonds is 5. The second kappa shape index (κ2) is 6.73. The third-order valence-electron chi connectivity index (χ3n) is 3.88. The summed E-state index contributed by atoms with van der Waals surface area (Å²) in [5.41, 5.74) is 1.02. The molecule has 0 aliphatic heterocycles. The van der Waals surface area contributed by atoms with Crippen LogP contribution in [-0.2, 0) is 0 Å². The molecule has 0 aromatic carbocycles. The summed E-state index contributed by atoms with van der Waals surface area (Å²) in [5, 5.41) is 3.32. The Morgan fingerprint density at radius 2 is 2.11 bits per heavy atom. The molecule has 2 unspecified atom stereocenters. The van der Waals surface area contributed by atoms with Crippen molar-refractivity contribution in [2.75, 3.05) is 11.9 Å². The van der Waals surface area contributed by atoms with E-state index < -0.39 is 0 Å². The fourth-order valence-corrected chi connectivity index (χ4v) is 2.58. The summed E-state index contributed by atoms with van der Waals surface area (Å²) in [5.74, 6) is 2.26. The van der Waals surface area contributed by atoms with Crippen LogP contribution in [0.4, 0.5) is 5.82 Å². The Morgan fingerprint density at radius 3 is 2.84 bits per heavy atom. The molecule has 2 atom stereocenters. The maximum absolute atomic E-state index is 6.13. The van der Waals surface area contributed by atoms with E-state index in [-0.39, 0.29) is 0 Å². The van der Waals surface area contributed by atoms with Gasteiger partial charge >= 0.3 is 0 Å². The first-order chi connectivity index (χ1) is 9.22. The molecule has 0 bridgehead atoms. The Hall–Kier alpha value is -1.32. The topological polar surface area (TPSA) is 47.0 Å². The third kappa shape index (κ3) is 3.58. The molecular weight excluding hydrogens is 238 g/mol. The zero-order valence-corrected chi connectivity index (χ0v) is 12.3. The lowest BCUT2D eigenvalue weighted by Gasteiger charge is -2.29. The van der Waals surface area contributed by atoms with Crippen LogP contribution in [0.25, 0.3) is 0 Å². The van der Waals surface area contributed by atoms with Crippen LogP contribution in [0.1, 0.15) is 51.5 Å². The van der Waals surface area contributed by atoms with Crippen LogP contribution in [0.5, 0.6) is 5.88 Å². The van der Waals surface area contributed by atoms with E-state index in [2.05, 4.69) is 29.1 Å². The Morgan fingerprint density at radius 1 is 1.32 bits per heavy atom. The van der Waals surface area contributed by atoms with Crippen molar-refractivity contribution in [1.82, 2.24) is 9.97 Å².